The SMILES string of the molecule is CN(C)c1ccnc(N2CC(n3cc(Br)cn3)C2)n1. The largest absolute Gasteiger partial charge is 0.363 e. The van der Waals surface area contributed by atoms with Gasteiger partial charge in [-0.25, -0.2) is 4.98 Å². The highest BCUT2D eigenvalue weighted by Crippen LogP contribution is 2.26. The number of hydrogen-bond donors (Lipinski definition) is 0. The van der Waals surface area contributed by atoms with Crippen LogP contribution in [0.2, 0.25) is 0 Å². The second kappa shape index (κ2) is 4.80. The van der Waals surface area contributed by atoms with Crippen LogP contribution in [0.25, 0.3) is 0 Å². The molecule has 1 saturated heterocycles. The van der Waals surface area contributed by atoms with Crippen LogP contribution in [0, 0.1) is 0 Å². The summed E-state index contributed by atoms with van der Waals surface area (Å²) in [5, 5.41) is 4.31. The molecule has 1 aliphatic rings. The Morgan fingerprint density at radius 1 is 1.37 bits per heavy atom. The van der Waals surface area contributed by atoms with E-state index in [0.29, 0.717) is 6.04 Å². The Kier molecular flexibility index (Phi) is 3.14. The summed E-state index contributed by atoms with van der Waals surface area (Å²) in [4.78, 5) is 13.0. The maximum absolute atomic E-state index is 4.53. The van der Waals surface area contributed by atoms with Gasteiger partial charge in [0.2, 0.25) is 5.95 Å². The quantitative estimate of drug-likeness (QED) is 0.858. The van der Waals surface area contributed by atoms with Crippen molar-refractivity contribution in [3.63, 3.8) is 0 Å². The second-order valence-corrected chi connectivity index (χ2v) is 5.72. The van der Waals surface area contributed by atoms with Crippen LogP contribution in [0.3, 0.4) is 0 Å². The molecule has 7 heteroatoms. The minimum absolute atomic E-state index is 0.401. The van der Waals surface area contributed by atoms with Gasteiger partial charge in [0.15, 0.2) is 0 Å². The fourth-order valence-electron chi connectivity index (χ4n) is 2.04. The second-order valence-electron chi connectivity index (χ2n) is 4.81. The number of halogens is 1. The van der Waals surface area contributed by atoms with Crippen LogP contribution in [-0.4, -0.2) is 46.9 Å². The molecule has 0 bridgehead atoms. The summed E-state index contributed by atoms with van der Waals surface area (Å²) < 4.78 is 2.99. The van der Waals surface area contributed by atoms with E-state index in [4.69, 9.17) is 0 Å². The van der Waals surface area contributed by atoms with Crippen LogP contribution in [0.1, 0.15) is 6.04 Å². The molecule has 3 heterocycles. The van der Waals surface area contributed by atoms with E-state index in [0.717, 1.165) is 29.3 Å². The first-order valence-electron chi connectivity index (χ1n) is 6.08. The van der Waals surface area contributed by atoms with Gasteiger partial charge in [-0.05, 0) is 22.0 Å². The third-order valence-electron chi connectivity index (χ3n) is 3.18. The minimum Gasteiger partial charge on any atom is -0.363 e. The van der Waals surface area contributed by atoms with Gasteiger partial charge < -0.3 is 9.80 Å². The Hall–Kier alpha value is -1.63. The zero-order valence-electron chi connectivity index (χ0n) is 10.9. The zero-order valence-corrected chi connectivity index (χ0v) is 12.4. The Balaban J connectivity index is 1.68. The van der Waals surface area contributed by atoms with Gasteiger partial charge in [0.1, 0.15) is 5.82 Å². The molecule has 0 amide bonds. The molecule has 0 aliphatic carbocycles. The summed E-state index contributed by atoms with van der Waals surface area (Å²) in [6.07, 6.45) is 5.61. The van der Waals surface area contributed by atoms with Crippen molar-refractivity contribution in [2.45, 2.75) is 6.04 Å². The van der Waals surface area contributed by atoms with Crippen molar-refractivity contribution in [3.05, 3.63) is 29.1 Å². The van der Waals surface area contributed by atoms with Crippen LogP contribution in [0.5, 0.6) is 0 Å². The third kappa shape index (κ3) is 2.42. The molecule has 19 heavy (non-hydrogen) atoms. The van der Waals surface area contributed by atoms with Crippen LogP contribution in [0.15, 0.2) is 29.1 Å². The van der Waals surface area contributed by atoms with E-state index in [-0.39, 0.29) is 0 Å². The van der Waals surface area contributed by atoms with Crippen molar-refractivity contribution in [3.8, 4) is 0 Å². The first-order valence-corrected chi connectivity index (χ1v) is 6.88. The lowest BCUT2D eigenvalue weighted by atomic mass is 10.1. The molecule has 0 spiro atoms. The molecule has 0 radical (unpaired) electrons. The van der Waals surface area contributed by atoms with E-state index in [1.54, 1.807) is 6.20 Å². The topological polar surface area (TPSA) is 50.1 Å². The molecule has 1 aliphatic heterocycles. The van der Waals surface area contributed by atoms with Crippen molar-refractivity contribution >= 4 is 27.7 Å². The molecule has 0 atom stereocenters. The highest BCUT2D eigenvalue weighted by Gasteiger charge is 2.30. The van der Waals surface area contributed by atoms with Gasteiger partial charge in [-0.2, -0.15) is 10.1 Å². The summed E-state index contributed by atoms with van der Waals surface area (Å²) >= 11 is 3.41. The fraction of sp³-hybridized carbons (Fsp3) is 0.417. The molecule has 0 aromatic carbocycles. The van der Waals surface area contributed by atoms with E-state index in [1.165, 1.54) is 0 Å². The van der Waals surface area contributed by atoms with Crippen LogP contribution < -0.4 is 9.80 Å². The third-order valence-corrected chi connectivity index (χ3v) is 3.59. The molecule has 1 fully saturated rings. The molecule has 0 unspecified atom stereocenters. The van der Waals surface area contributed by atoms with Gasteiger partial charge in [0, 0.05) is 39.6 Å². The predicted octanol–water partition coefficient (Wildman–Crippen LogP) is 1.56. The number of rotatable bonds is 3. The lowest BCUT2D eigenvalue weighted by Gasteiger charge is -2.39. The summed E-state index contributed by atoms with van der Waals surface area (Å²) in [7, 11) is 3.96. The molecule has 6 nitrogen and oxygen atoms in total. The first-order chi connectivity index (χ1) is 9.13. The van der Waals surface area contributed by atoms with Crippen LogP contribution in [-0.2, 0) is 0 Å². The molecule has 3 rings (SSSR count). The van der Waals surface area contributed by atoms with Crippen molar-refractivity contribution in [2.75, 3.05) is 37.0 Å². The molecule has 100 valence electrons. The number of aromatic nitrogens is 4. The summed E-state index contributed by atoms with van der Waals surface area (Å²) in [5.74, 6) is 1.71. The summed E-state index contributed by atoms with van der Waals surface area (Å²) in [6.45, 7) is 1.79. The summed E-state index contributed by atoms with van der Waals surface area (Å²) in [5.41, 5.74) is 0. The first kappa shape index (κ1) is 12.4. The maximum atomic E-state index is 4.53. The van der Waals surface area contributed by atoms with E-state index in [9.17, 15) is 0 Å². The highest BCUT2D eigenvalue weighted by molar-refractivity contribution is 9.10. The van der Waals surface area contributed by atoms with E-state index in [1.807, 2.05) is 42.1 Å². The smallest absolute Gasteiger partial charge is 0.227 e. The van der Waals surface area contributed by atoms with E-state index >= 15 is 0 Å². The molecule has 0 saturated carbocycles. The van der Waals surface area contributed by atoms with Crippen molar-refractivity contribution in [1.82, 2.24) is 19.7 Å². The Morgan fingerprint density at radius 2 is 2.16 bits per heavy atom. The molecular formula is C12H15BrN6. The molecular weight excluding hydrogens is 308 g/mol. The Bertz CT molecular complexity index is 575. The average Bonchev–Trinajstić information content (AvgIpc) is 2.74. The lowest BCUT2D eigenvalue weighted by Crippen LogP contribution is -2.48. The average molecular weight is 323 g/mol. The Morgan fingerprint density at radius 3 is 2.79 bits per heavy atom. The minimum atomic E-state index is 0.401. The van der Waals surface area contributed by atoms with Gasteiger partial charge in [-0.1, -0.05) is 0 Å². The van der Waals surface area contributed by atoms with Gasteiger partial charge in [-0.3, -0.25) is 4.68 Å². The molecule has 2 aromatic heterocycles. The van der Waals surface area contributed by atoms with Crippen molar-refractivity contribution in [1.29, 1.82) is 0 Å². The standard InChI is InChI=1S/C12H15BrN6/c1-17(2)11-3-4-14-12(16-11)18-7-10(8-18)19-6-9(13)5-15-19/h3-6,10H,7-8H2,1-2H3. The van der Waals surface area contributed by atoms with E-state index < -0.39 is 0 Å². The molecule has 2 aromatic rings. The van der Waals surface area contributed by atoms with Crippen LogP contribution >= 0.6 is 15.9 Å². The van der Waals surface area contributed by atoms with Crippen molar-refractivity contribution < 1.29 is 0 Å². The zero-order chi connectivity index (χ0) is 13.4. The maximum Gasteiger partial charge on any atom is 0.227 e. The highest BCUT2D eigenvalue weighted by atomic mass is 79.9. The van der Waals surface area contributed by atoms with Gasteiger partial charge in [0.05, 0.1) is 16.7 Å². The normalized spacial score (nSPS) is 15.4. The number of hydrogen-bond acceptors (Lipinski definition) is 5. The molecule has 0 N–H and O–H groups in total. The van der Waals surface area contributed by atoms with Crippen molar-refractivity contribution in [2.24, 2.45) is 0 Å². The lowest BCUT2D eigenvalue weighted by molar-refractivity contribution is 0.363. The van der Waals surface area contributed by atoms with Gasteiger partial charge >= 0.3 is 0 Å². The van der Waals surface area contributed by atoms with Gasteiger partial charge in [0.25, 0.3) is 0 Å². The predicted molar refractivity (Wildman–Crippen MR) is 77.5 cm³/mol. The Labute approximate surface area is 120 Å². The van der Waals surface area contributed by atoms with Gasteiger partial charge in [-0.15, -0.1) is 0 Å². The van der Waals surface area contributed by atoms with E-state index in [2.05, 4.69) is 35.9 Å². The number of nitrogens with zero attached hydrogens (tertiary/aromatic N) is 6. The van der Waals surface area contributed by atoms with Crippen LogP contribution in [0.4, 0.5) is 11.8 Å². The number of anilines is 2. The summed E-state index contributed by atoms with van der Waals surface area (Å²) in [6, 6.07) is 2.31. The monoisotopic (exact) mass is 322 g/mol. The fourth-order valence-corrected chi connectivity index (χ4v) is 2.34.